The number of rotatable bonds is 6. The SMILES string of the molecule is CCCC(C)(NC(=O)c1ccc(N2CCc3ccccc3C2)cc1)C(=O)OC. The summed E-state index contributed by atoms with van der Waals surface area (Å²) in [5, 5.41) is 2.85. The summed E-state index contributed by atoms with van der Waals surface area (Å²) >= 11 is 0. The average molecular weight is 380 g/mol. The Labute approximate surface area is 166 Å². The average Bonchev–Trinajstić information content (AvgIpc) is 2.73. The predicted molar refractivity (Wildman–Crippen MR) is 110 cm³/mol. The van der Waals surface area contributed by atoms with Gasteiger partial charge in [-0.15, -0.1) is 0 Å². The minimum atomic E-state index is -1.02. The van der Waals surface area contributed by atoms with Crippen molar-refractivity contribution >= 4 is 17.6 Å². The van der Waals surface area contributed by atoms with E-state index < -0.39 is 11.5 Å². The van der Waals surface area contributed by atoms with Gasteiger partial charge in [0.2, 0.25) is 0 Å². The molecule has 5 nitrogen and oxygen atoms in total. The van der Waals surface area contributed by atoms with E-state index in [0.29, 0.717) is 12.0 Å². The summed E-state index contributed by atoms with van der Waals surface area (Å²) in [6, 6.07) is 16.1. The van der Waals surface area contributed by atoms with E-state index in [1.807, 2.05) is 31.2 Å². The van der Waals surface area contributed by atoms with E-state index in [0.717, 1.165) is 31.6 Å². The topological polar surface area (TPSA) is 58.6 Å². The molecule has 0 aliphatic carbocycles. The normalized spacial score (nSPS) is 15.3. The van der Waals surface area contributed by atoms with Crippen LogP contribution in [-0.2, 0) is 22.5 Å². The number of fused-ring (bicyclic) bond motifs is 1. The second-order valence-corrected chi connectivity index (χ2v) is 7.51. The minimum absolute atomic E-state index is 0.267. The molecule has 1 heterocycles. The molecule has 1 unspecified atom stereocenters. The number of carbonyl (C=O) groups is 2. The zero-order valence-electron chi connectivity index (χ0n) is 16.8. The Morgan fingerprint density at radius 2 is 1.79 bits per heavy atom. The number of ether oxygens (including phenoxy) is 1. The third-order valence-corrected chi connectivity index (χ3v) is 5.40. The molecule has 0 radical (unpaired) electrons. The van der Waals surface area contributed by atoms with Gasteiger partial charge in [0.15, 0.2) is 0 Å². The van der Waals surface area contributed by atoms with Crippen LogP contribution in [0.3, 0.4) is 0 Å². The third kappa shape index (κ3) is 4.19. The summed E-state index contributed by atoms with van der Waals surface area (Å²) in [6.07, 6.45) is 2.31. The fourth-order valence-electron chi connectivity index (χ4n) is 3.80. The summed E-state index contributed by atoms with van der Waals surface area (Å²) in [5.74, 6) is -0.691. The second-order valence-electron chi connectivity index (χ2n) is 7.51. The summed E-state index contributed by atoms with van der Waals surface area (Å²) in [4.78, 5) is 27.1. The molecule has 1 N–H and O–H groups in total. The van der Waals surface area contributed by atoms with Crippen LogP contribution in [0.1, 0.15) is 48.2 Å². The summed E-state index contributed by atoms with van der Waals surface area (Å²) in [7, 11) is 1.34. The van der Waals surface area contributed by atoms with Crippen LogP contribution < -0.4 is 10.2 Å². The number of carbonyl (C=O) groups excluding carboxylic acids is 2. The molecule has 2 aromatic rings. The Balaban J connectivity index is 1.70. The van der Waals surface area contributed by atoms with E-state index in [4.69, 9.17) is 4.74 Å². The number of anilines is 1. The van der Waals surface area contributed by atoms with Gasteiger partial charge in [0.05, 0.1) is 7.11 Å². The van der Waals surface area contributed by atoms with Crippen molar-refractivity contribution in [1.29, 1.82) is 0 Å². The highest BCUT2D eigenvalue weighted by molar-refractivity contribution is 5.98. The monoisotopic (exact) mass is 380 g/mol. The van der Waals surface area contributed by atoms with Crippen molar-refractivity contribution in [3.8, 4) is 0 Å². The molecule has 1 aliphatic heterocycles. The van der Waals surface area contributed by atoms with Gasteiger partial charge < -0.3 is 15.0 Å². The Hall–Kier alpha value is -2.82. The minimum Gasteiger partial charge on any atom is -0.467 e. The highest BCUT2D eigenvalue weighted by atomic mass is 16.5. The van der Waals surface area contributed by atoms with E-state index >= 15 is 0 Å². The van der Waals surface area contributed by atoms with Gasteiger partial charge in [-0.25, -0.2) is 4.79 Å². The molecule has 0 fully saturated rings. The highest BCUT2D eigenvalue weighted by Gasteiger charge is 2.35. The molecular weight excluding hydrogens is 352 g/mol. The maximum atomic E-state index is 12.7. The Bertz CT molecular complexity index is 847. The van der Waals surface area contributed by atoms with Crippen molar-refractivity contribution in [3.63, 3.8) is 0 Å². The third-order valence-electron chi connectivity index (χ3n) is 5.40. The van der Waals surface area contributed by atoms with Crippen LogP contribution in [0.15, 0.2) is 48.5 Å². The lowest BCUT2D eigenvalue weighted by atomic mass is 9.95. The van der Waals surface area contributed by atoms with Crippen molar-refractivity contribution < 1.29 is 14.3 Å². The number of esters is 1. The number of nitrogens with one attached hydrogen (secondary N) is 1. The number of hydrogen-bond donors (Lipinski definition) is 1. The first-order valence-electron chi connectivity index (χ1n) is 9.79. The number of hydrogen-bond acceptors (Lipinski definition) is 4. The standard InChI is InChI=1S/C23H28N2O3/c1-4-14-23(2,22(27)28-3)24-21(26)18-9-11-20(12-10-18)25-15-13-17-7-5-6-8-19(17)16-25/h5-12H,4,13-16H2,1-3H3,(H,24,26). The van der Waals surface area contributed by atoms with Crippen LogP contribution in [0, 0.1) is 0 Å². The van der Waals surface area contributed by atoms with Gasteiger partial charge in [0.25, 0.3) is 5.91 Å². The van der Waals surface area contributed by atoms with E-state index in [1.54, 1.807) is 6.92 Å². The van der Waals surface area contributed by atoms with Gasteiger partial charge in [-0.2, -0.15) is 0 Å². The molecule has 148 valence electrons. The Kier molecular flexibility index (Phi) is 6.02. The van der Waals surface area contributed by atoms with Crippen molar-refractivity contribution in [3.05, 3.63) is 65.2 Å². The number of amides is 1. The molecule has 0 bridgehead atoms. The Morgan fingerprint density at radius 1 is 1.11 bits per heavy atom. The van der Waals surface area contributed by atoms with Crippen molar-refractivity contribution in [2.75, 3.05) is 18.6 Å². The molecule has 0 aromatic heterocycles. The van der Waals surface area contributed by atoms with Gasteiger partial charge in [0.1, 0.15) is 5.54 Å². The smallest absolute Gasteiger partial charge is 0.331 e. The zero-order valence-corrected chi connectivity index (χ0v) is 16.8. The van der Waals surface area contributed by atoms with E-state index in [9.17, 15) is 9.59 Å². The van der Waals surface area contributed by atoms with Crippen LogP contribution in [0.25, 0.3) is 0 Å². The lowest BCUT2D eigenvalue weighted by molar-refractivity contribution is -0.147. The molecule has 0 saturated heterocycles. The molecule has 0 saturated carbocycles. The first-order chi connectivity index (χ1) is 13.5. The summed E-state index contributed by atoms with van der Waals surface area (Å²) in [5.41, 5.74) is 3.37. The van der Waals surface area contributed by atoms with Gasteiger partial charge in [-0.1, -0.05) is 37.6 Å². The summed E-state index contributed by atoms with van der Waals surface area (Å²) in [6.45, 7) is 5.51. The molecule has 1 amide bonds. The van der Waals surface area contributed by atoms with Crippen molar-refractivity contribution in [2.45, 2.75) is 45.2 Å². The second kappa shape index (κ2) is 8.46. The molecule has 0 spiro atoms. The van der Waals surface area contributed by atoms with Gasteiger partial charge in [0, 0.05) is 24.3 Å². The van der Waals surface area contributed by atoms with Gasteiger partial charge in [-0.05, 0) is 55.2 Å². The maximum Gasteiger partial charge on any atom is 0.331 e. The van der Waals surface area contributed by atoms with Crippen LogP contribution in [-0.4, -0.2) is 31.1 Å². The molecule has 28 heavy (non-hydrogen) atoms. The van der Waals surface area contributed by atoms with Gasteiger partial charge in [-0.3, -0.25) is 4.79 Å². The summed E-state index contributed by atoms with van der Waals surface area (Å²) < 4.78 is 4.87. The molecule has 1 atom stereocenters. The van der Waals surface area contributed by atoms with Crippen LogP contribution in [0.4, 0.5) is 5.69 Å². The number of methoxy groups -OCH3 is 1. The molecule has 2 aromatic carbocycles. The molecule has 5 heteroatoms. The highest BCUT2D eigenvalue weighted by Crippen LogP contribution is 2.25. The number of nitrogens with zero attached hydrogens (tertiary/aromatic N) is 1. The van der Waals surface area contributed by atoms with Crippen LogP contribution >= 0.6 is 0 Å². The molecule has 1 aliphatic rings. The van der Waals surface area contributed by atoms with Crippen LogP contribution in [0.5, 0.6) is 0 Å². The zero-order chi connectivity index (χ0) is 20.1. The largest absolute Gasteiger partial charge is 0.467 e. The van der Waals surface area contributed by atoms with Crippen LogP contribution in [0.2, 0.25) is 0 Å². The quantitative estimate of drug-likeness (QED) is 0.776. The first kappa shape index (κ1) is 19.9. The predicted octanol–water partition coefficient (Wildman–Crippen LogP) is 3.71. The lowest BCUT2D eigenvalue weighted by Gasteiger charge is -2.31. The van der Waals surface area contributed by atoms with E-state index in [1.165, 1.54) is 18.2 Å². The van der Waals surface area contributed by atoms with Gasteiger partial charge >= 0.3 is 5.97 Å². The fraction of sp³-hybridized carbons (Fsp3) is 0.391. The molecule has 3 rings (SSSR count). The van der Waals surface area contributed by atoms with Crippen molar-refractivity contribution in [1.82, 2.24) is 5.32 Å². The van der Waals surface area contributed by atoms with E-state index in [2.05, 4.69) is 34.5 Å². The first-order valence-corrected chi connectivity index (χ1v) is 9.79. The van der Waals surface area contributed by atoms with Crippen molar-refractivity contribution in [2.24, 2.45) is 0 Å². The van der Waals surface area contributed by atoms with E-state index in [-0.39, 0.29) is 5.91 Å². The number of benzene rings is 2. The fourth-order valence-corrected chi connectivity index (χ4v) is 3.80. The lowest BCUT2D eigenvalue weighted by Crippen LogP contribution is -2.52. The Morgan fingerprint density at radius 3 is 2.43 bits per heavy atom. The molecular formula is C23H28N2O3. The maximum absolute atomic E-state index is 12.7.